The van der Waals surface area contributed by atoms with E-state index in [9.17, 15) is 20.0 Å². The Morgan fingerprint density at radius 1 is 1.17 bits per heavy atom. The number of para-hydroxylation sites is 1. The number of fused-ring (bicyclic) bond motifs is 2. The molecule has 146 valence electrons. The second kappa shape index (κ2) is 7.47. The van der Waals surface area contributed by atoms with Gasteiger partial charge < -0.3 is 14.6 Å². The van der Waals surface area contributed by atoms with E-state index in [0.29, 0.717) is 11.5 Å². The molecule has 0 bridgehead atoms. The fraction of sp³-hybridized carbons (Fsp3) is 0.100. The van der Waals surface area contributed by atoms with Crippen molar-refractivity contribution >= 4 is 28.6 Å². The number of ether oxygens (including phenoxy) is 2. The molecule has 9 heteroatoms. The summed E-state index contributed by atoms with van der Waals surface area (Å²) in [6, 6.07) is 15.4. The van der Waals surface area contributed by atoms with E-state index in [2.05, 4.69) is 10.5 Å². The van der Waals surface area contributed by atoms with Gasteiger partial charge in [0.05, 0.1) is 11.1 Å². The van der Waals surface area contributed by atoms with E-state index in [0.717, 1.165) is 17.0 Å². The number of hydrogen-bond acceptors (Lipinski definition) is 7. The molecule has 1 aliphatic heterocycles. The third-order valence-electron chi connectivity index (χ3n) is 4.38. The molecule has 9 nitrogen and oxygen atoms in total. The third-order valence-corrected chi connectivity index (χ3v) is 4.38. The topological polar surface area (TPSA) is 123 Å². The molecule has 1 heterocycles. The van der Waals surface area contributed by atoms with Crippen molar-refractivity contribution in [3.05, 3.63) is 70.3 Å². The van der Waals surface area contributed by atoms with Gasteiger partial charge in [0.15, 0.2) is 11.5 Å². The van der Waals surface area contributed by atoms with Gasteiger partial charge in [-0.1, -0.05) is 30.3 Å². The summed E-state index contributed by atoms with van der Waals surface area (Å²) in [6.45, 7) is 0.00868. The van der Waals surface area contributed by atoms with Crippen molar-refractivity contribution in [2.75, 3.05) is 6.61 Å². The van der Waals surface area contributed by atoms with Crippen molar-refractivity contribution in [2.45, 2.75) is 6.10 Å². The highest BCUT2D eigenvalue weighted by atomic mass is 16.6. The molecule has 4 rings (SSSR count). The average Bonchev–Trinajstić information content (AvgIpc) is 2.72. The molecule has 29 heavy (non-hydrogen) atoms. The number of rotatable bonds is 4. The molecule has 0 saturated heterocycles. The minimum Gasteiger partial charge on any atom is -0.502 e. The first-order chi connectivity index (χ1) is 14.0. The molecule has 2 N–H and O–H groups in total. The van der Waals surface area contributed by atoms with Crippen LogP contribution in [0.3, 0.4) is 0 Å². The molecule has 1 atom stereocenters. The lowest BCUT2D eigenvalue weighted by atomic mass is 10.1. The van der Waals surface area contributed by atoms with Crippen LogP contribution in [0.2, 0.25) is 0 Å². The predicted molar refractivity (Wildman–Crippen MR) is 104 cm³/mol. The van der Waals surface area contributed by atoms with E-state index in [1.807, 2.05) is 30.3 Å². The molecule has 0 radical (unpaired) electrons. The molecule has 1 amide bonds. The zero-order valence-electron chi connectivity index (χ0n) is 14.9. The maximum atomic E-state index is 12.3. The van der Waals surface area contributed by atoms with Crippen LogP contribution in [0.5, 0.6) is 17.2 Å². The van der Waals surface area contributed by atoms with E-state index in [1.165, 1.54) is 18.2 Å². The maximum Gasteiger partial charge on any atom is 0.311 e. The van der Waals surface area contributed by atoms with E-state index in [4.69, 9.17) is 9.47 Å². The minimum absolute atomic E-state index is 0.00868. The van der Waals surface area contributed by atoms with Crippen LogP contribution >= 0.6 is 0 Å². The molecule has 0 spiro atoms. The summed E-state index contributed by atoms with van der Waals surface area (Å²) in [5.41, 5.74) is 1.93. The number of phenols is 1. The van der Waals surface area contributed by atoms with Crippen LogP contribution < -0.4 is 14.9 Å². The summed E-state index contributed by atoms with van der Waals surface area (Å²) in [6.07, 6.45) is 0.199. The van der Waals surface area contributed by atoms with Crippen LogP contribution in [-0.2, 0) is 4.79 Å². The Morgan fingerprint density at radius 3 is 2.62 bits per heavy atom. The van der Waals surface area contributed by atoms with E-state index in [-0.39, 0.29) is 12.2 Å². The van der Waals surface area contributed by atoms with Crippen molar-refractivity contribution in [3.63, 3.8) is 0 Å². The Balaban J connectivity index is 1.45. The van der Waals surface area contributed by atoms with Crippen LogP contribution in [-0.4, -0.2) is 34.9 Å². The summed E-state index contributed by atoms with van der Waals surface area (Å²) in [5, 5.41) is 26.4. The van der Waals surface area contributed by atoms with Gasteiger partial charge in [0.1, 0.15) is 6.61 Å². The molecule has 0 fully saturated rings. The highest BCUT2D eigenvalue weighted by molar-refractivity contribution is 5.89. The first-order valence-electron chi connectivity index (χ1n) is 8.64. The maximum absolute atomic E-state index is 12.3. The predicted octanol–water partition coefficient (Wildman–Crippen LogP) is 2.74. The molecule has 3 aromatic rings. The van der Waals surface area contributed by atoms with Gasteiger partial charge in [0, 0.05) is 11.6 Å². The number of nitrogens with one attached hydrogen (secondary N) is 1. The third kappa shape index (κ3) is 3.65. The van der Waals surface area contributed by atoms with Crippen molar-refractivity contribution in [3.8, 4) is 17.2 Å². The second-order valence-corrected chi connectivity index (χ2v) is 6.27. The molecule has 0 aromatic heterocycles. The fourth-order valence-corrected chi connectivity index (χ4v) is 2.92. The van der Waals surface area contributed by atoms with Gasteiger partial charge in [-0.15, -0.1) is 0 Å². The smallest absolute Gasteiger partial charge is 0.311 e. The number of carbonyl (C=O) groups excluding carboxylic acids is 1. The normalized spacial score (nSPS) is 15.4. The van der Waals surface area contributed by atoms with Crippen LogP contribution in [0.4, 0.5) is 5.69 Å². The minimum atomic E-state index is -0.917. The van der Waals surface area contributed by atoms with Gasteiger partial charge in [-0.25, -0.2) is 5.43 Å². The Kier molecular flexibility index (Phi) is 4.70. The summed E-state index contributed by atoms with van der Waals surface area (Å²) in [4.78, 5) is 22.5. The zero-order valence-corrected chi connectivity index (χ0v) is 14.9. The number of amides is 1. The monoisotopic (exact) mass is 393 g/mol. The Bertz CT molecular complexity index is 1140. The summed E-state index contributed by atoms with van der Waals surface area (Å²) in [7, 11) is 0. The number of nitrogens with zero attached hydrogens (tertiary/aromatic N) is 2. The van der Waals surface area contributed by atoms with Crippen molar-refractivity contribution in [1.82, 2.24) is 5.43 Å². The van der Waals surface area contributed by atoms with Crippen LogP contribution in [0.25, 0.3) is 10.8 Å². The second-order valence-electron chi connectivity index (χ2n) is 6.27. The number of carbonyl (C=O) groups is 1. The molecular formula is C20H15N3O6. The molecule has 3 aromatic carbocycles. The van der Waals surface area contributed by atoms with Gasteiger partial charge in [-0.2, -0.15) is 5.10 Å². The highest BCUT2D eigenvalue weighted by Gasteiger charge is 2.27. The van der Waals surface area contributed by atoms with Crippen molar-refractivity contribution in [1.29, 1.82) is 0 Å². The fourth-order valence-electron chi connectivity index (χ4n) is 2.92. The van der Waals surface area contributed by atoms with E-state index < -0.39 is 28.4 Å². The summed E-state index contributed by atoms with van der Waals surface area (Å²) in [5.74, 6) is -0.0771. The van der Waals surface area contributed by atoms with E-state index in [1.54, 1.807) is 6.07 Å². The first kappa shape index (κ1) is 18.2. The largest absolute Gasteiger partial charge is 0.502 e. The molecular weight excluding hydrogens is 378 g/mol. The molecule has 0 aliphatic carbocycles. The average molecular weight is 393 g/mol. The van der Waals surface area contributed by atoms with Gasteiger partial charge in [-0.3, -0.25) is 14.9 Å². The standard InChI is InChI=1S/C20H15N3O6/c24-19-14(6-3-7-15(19)23(26)27)10-21-22-20(25)18-11-28-16-8-12-4-1-2-5-13(12)9-17(16)29-18/h1-10,18,24H,11H2,(H,22,25)/b21-10+. The number of nitro groups is 1. The molecule has 1 unspecified atom stereocenters. The van der Waals surface area contributed by atoms with Gasteiger partial charge >= 0.3 is 5.69 Å². The Morgan fingerprint density at radius 2 is 1.90 bits per heavy atom. The van der Waals surface area contributed by atoms with Gasteiger partial charge in [-0.05, 0) is 29.0 Å². The lowest BCUT2D eigenvalue weighted by molar-refractivity contribution is -0.385. The SMILES string of the molecule is O=C(N/N=C/c1cccc([N+](=O)[O-])c1O)C1COc2cc3ccccc3cc2O1. The number of nitro benzene ring substituents is 1. The summed E-state index contributed by atoms with van der Waals surface area (Å²) >= 11 is 0. The van der Waals surface area contributed by atoms with Crippen molar-refractivity contribution in [2.24, 2.45) is 5.10 Å². The first-order valence-corrected chi connectivity index (χ1v) is 8.64. The van der Waals surface area contributed by atoms with Crippen LogP contribution in [0.1, 0.15) is 5.56 Å². The van der Waals surface area contributed by atoms with E-state index >= 15 is 0 Å². The zero-order chi connectivity index (χ0) is 20.4. The number of hydrogen-bond donors (Lipinski definition) is 2. The molecule has 1 aliphatic rings. The van der Waals surface area contributed by atoms with Crippen LogP contribution in [0.15, 0.2) is 59.7 Å². The summed E-state index contributed by atoms with van der Waals surface area (Å²) < 4.78 is 11.4. The number of aromatic hydroxyl groups is 1. The lowest BCUT2D eigenvalue weighted by Gasteiger charge is -2.25. The Labute approximate surface area is 164 Å². The highest BCUT2D eigenvalue weighted by Crippen LogP contribution is 2.35. The number of benzene rings is 3. The van der Waals surface area contributed by atoms with Crippen LogP contribution in [0, 0.1) is 10.1 Å². The quantitative estimate of drug-likeness (QED) is 0.399. The lowest BCUT2D eigenvalue weighted by Crippen LogP contribution is -2.42. The van der Waals surface area contributed by atoms with Gasteiger partial charge in [0.2, 0.25) is 11.9 Å². The number of phenolic OH excluding ortho intramolecular Hbond substituents is 1. The van der Waals surface area contributed by atoms with Crippen molar-refractivity contribution < 1.29 is 24.3 Å². The van der Waals surface area contributed by atoms with Gasteiger partial charge in [0.25, 0.3) is 5.91 Å². The number of hydrazone groups is 1. The Hall–Kier alpha value is -4.14. The molecule has 0 saturated carbocycles.